The Bertz CT molecular complexity index is 1570. The van der Waals surface area contributed by atoms with Crippen LogP contribution in [-0.4, -0.2) is 81.8 Å². The molecule has 42 heavy (non-hydrogen) atoms. The molecule has 2 fully saturated rings. The number of hydrogen-bond donors (Lipinski definition) is 4. The van der Waals surface area contributed by atoms with Gasteiger partial charge < -0.3 is 30.3 Å². The number of aromatic amines is 1. The highest BCUT2D eigenvalue weighted by molar-refractivity contribution is 5.94. The summed E-state index contributed by atoms with van der Waals surface area (Å²) in [5, 5.41) is 22.2. The molecule has 0 amide bonds. The normalized spacial score (nSPS) is 16.6. The van der Waals surface area contributed by atoms with E-state index in [2.05, 4.69) is 37.1 Å². The van der Waals surface area contributed by atoms with Gasteiger partial charge in [0.1, 0.15) is 17.9 Å². The third-order valence-corrected chi connectivity index (χ3v) is 7.66. The number of halogens is 1. The van der Waals surface area contributed by atoms with Crippen LogP contribution in [0.3, 0.4) is 0 Å². The minimum absolute atomic E-state index is 0.0220. The number of carbonyl (C=O) groups excluding carboxylic acids is 1. The fourth-order valence-electron chi connectivity index (χ4n) is 5.15. The Kier molecular flexibility index (Phi) is 9.21. The summed E-state index contributed by atoms with van der Waals surface area (Å²) in [6.45, 7) is 3.64. The van der Waals surface area contributed by atoms with Crippen LogP contribution in [0.2, 0.25) is 0 Å². The molecule has 1 aromatic carbocycles. The number of aldehydes is 1. The molecule has 6 rings (SSSR count). The SMILES string of the molecule is CN1CCC(O)CC1.O=Cc1ccc(-c2cc(Nc3ccc(N4CCC(O)CC4)cn3)c3c(=O)[nH]ccc3n2)c(F)c1. The number of aliphatic hydroxyl groups is 2. The van der Waals surface area contributed by atoms with Crippen molar-refractivity contribution in [1.29, 1.82) is 0 Å². The number of likely N-dealkylation sites (tertiary alicyclic amines) is 1. The van der Waals surface area contributed by atoms with Crippen LogP contribution in [0.5, 0.6) is 0 Å². The van der Waals surface area contributed by atoms with Gasteiger partial charge in [0.05, 0.1) is 46.4 Å². The fourth-order valence-corrected chi connectivity index (χ4v) is 5.15. The summed E-state index contributed by atoms with van der Waals surface area (Å²) in [5.41, 5.74) is 2.20. The maximum absolute atomic E-state index is 14.7. The average Bonchev–Trinajstić information content (AvgIpc) is 2.99. The summed E-state index contributed by atoms with van der Waals surface area (Å²) in [7, 11) is 2.09. The zero-order chi connectivity index (χ0) is 29.6. The van der Waals surface area contributed by atoms with E-state index in [0.717, 1.165) is 63.6 Å². The number of carbonyl (C=O) groups is 1. The second-order valence-electron chi connectivity index (χ2n) is 10.8. The Morgan fingerprint density at radius 1 is 1.00 bits per heavy atom. The van der Waals surface area contributed by atoms with Gasteiger partial charge in [-0.25, -0.2) is 14.4 Å². The second kappa shape index (κ2) is 13.2. The number of fused-ring (bicyclic) bond motifs is 1. The standard InChI is InChI=1S/C25H22FN5O3.C6H13NO/c26-19-11-15(14-32)1-3-18(19)21-12-22(24-20(29-21)5-8-27-25(24)34)30-23-4-2-16(13-28-23)31-9-6-17(33)7-10-31;1-7-4-2-6(8)3-5-7/h1-5,8,11-14,17,33H,6-7,9-10H2,(H,27,34)(H,28,29,30);6,8H,2-5H2,1H3. The predicted octanol–water partition coefficient (Wildman–Crippen LogP) is 3.71. The summed E-state index contributed by atoms with van der Waals surface area (Å²) in [4.78, 5) is 39.6. The molecule has 11 heteroatoms. The number of anilines is 3. The molecule has 2 saturated heterocycles. The molecule has 3 aromatic heterocycles. The van der Waals surface area contributed by atoms with Crippen molar-refractivity contribution in [3.05, 3.63) is 76.6 Å². The molecular weight excluding hydrogens is 539 g/mol. The van der Waals surface area contributed by atoms with E-state index in [9.17, 15) is 19.1 Å². The molecule has 0 spiro atoms. The second-order valence-corrected chi connectivity index (χ2v) is 10.8. The van der Waals surface area contributed by atoms with Crippen LogP contribution in [0.25, 0.3) is 22.2 Å². The van der Waals surface area contributed by atoms with Crippen LogP contribution in [-0.2, 0) is 0 Å². The minimum atomic E-state index is -0.582. The van der Waals surface area contributed by atoms with Crippen molar-refractivity contribution in [3.8, 4) is 11.3 Å². The van der Waals surface area contributed by atoms with Gasteiger partial charge in [-0.3, -0.25) is 9.59 Å². The molecule has 0 unspecified atom stereocenters. The Morgan fingerprint density at radius 3 is 2.33 bits per heavy atom. The maximum Gasteiger partial charge on any atom is 0.259 e. The number of benzene rings is 1. The number of hydrogen-bond acceptors (Lipinski definition) is 9. The van der Waals surface area contributed by atoms with Gasteiger partial charge in [0.15, 0.2) is 0 Å². The Balaban J connectivity index is 0.000000382. The molecule has 0 aliphatic carbocycles. The number of rotatable bonds is 5. The van der Waals surface area contributed by atoms with E-state index >= 15 is 0 Å². The first-order valence-electron chi connectivity index (χ1n) is 14.1. The zero-order valence-corrected chi connectivity index (χ0v) is 23.5. The monoisotopic (exact) mass is 574 g/mol. The van der Waals surface area contributed by atoms with Crippen molar-refractivity contribution >= 4 is 34.4 Å². The number of pyridine rings is 3. The first-order valence-corrected chi connectivity index (χ1v) is 14.1. The average molecular weight is 575 g/mol. The molecule has 0 saturated carbocycles. The van der Waals surface area contributed by atoms with E-state index in [1.165, 1.54) is 18.3 Å². The van der Waals surface area contributed by atoms with Crippen molar-refractivity contribution in [2.45, 2.75) is 37.9 Å². The van der Waals surface area contributed by atoms with E-state index in [4.69, 9.17) is 5.11 Å². The number of piperidine rings is 2. The highest BCUT2D eigenvalue weighted by atomic mass is 19.1. The van der Waals surface area contributed by atoms with Crippen molar-refractivity contribution in [2.24, 2.45) is 0 Å². The lowest BCUT2D eigenvalue weighted by atomic mass is 10.1. The van der Waals surface area contributed by atoms with E-state index in [1.54, 1.807) is 18.3 Å². The van der Waals surface area contributed by atoms with Crippen molar-refractivity contribution < 1.29 is 19.4 Å². The third kappa shape index (κ3) is 6.99. The van der Waals surface area contributed by atoms with Crippen LogP contribution < -0.4 is 15.8 Å². The van der Waals surface area contributed by atoms with Gasteiger partial charge in [-0.15, -0.1) is 0 Å². The molecule has 2 aliphatic rings. The molecule has 2 aliphatic heterocycles. The summed E-state index contributed by atoms with van der Waals surface area (Å²) in [5.74, 6) is -0.0689. The number of nitrogens with zero attached hydrogens (tertiary/aromatic N) is 4. The number of H-pyrrole nitrogens is 1. The van der Waals surface area contributed by atoms with Gasteiger partial charge in [0.25, 0.3) is 5.56 Å². The lowest BCUT2D eigenvalue weighted by Crippen LogP contribution is -2.35. The van der Waals surface area contributed by atoms with Crippen molar-refractivity contribution in [3.63, 3.8) is 0 Å². The highest BCUT2D eigenvalue weighted by Crippen LogP contribution is 2.30. The summed E-state index contributed by atoms with van der Waals surface area (Å²) in [6, 6.07) is 11.1. The lowest BCUT2D eigenvalue weighted by Gasteiger charge is -2.31. The largest absolute Gasteiger partial charge is 0.393 e. The van der Waals surface area contributed by atoms with Gasteiger partial charge in [0.2, 0.25) is 0 Å². The van der Waals surface area contributed by atoms with Gasteiger partial charge in [0, 0.05) is 43.5 Å². The lowest BCUT2D eigenvalue weighted by molar-refractivity contribution is 0.0942. The minimum Gasteiger partial charge on any atom is -0.393 e. The Labute approximate surface area is 242 Å². The van der Waals surface area contributed by atoms with Gasteiger partial charge in [-0.05, 0) is 69.1 Å². The van der Waals surface area contributed by atoms with E-state index in [1.807, 2.05) is 12.1 Å². The topological polar surface area (TPSA) is 135 Å². The molecular formula is C31H35FN6O4. The summed E-state index contributed by atoms with van der Waals surface area (Å²) >= 11 is 0. The molecule has 0 radical (unpaired) electrons. The summed E-state index contributed by atoms with van der Waals surface area (Å²) < 4.78 is 14.7. The first-order chi connectivity index (χ1) is 20.3. The molecule has 10 nitrogen and oxygen atoms in total. The number of aromatic nitrogens is 3. The van der Waals surface area contributed by atoms with Crippen LogP contribution in [0.1, 0.15) is 36.0 Å². The smallest absolute Gasteiger partial charge is 0.259 e. The molecule has 0 atom stereocenters. The third-order valence-electron chi connectivity index (χ3n) is 7.66. The highest BCUT2D eigenvalue weighted by Gasteiger charge is 2.18. The van der Waals surface area contributed by atoms with E-state index < -0.39 is 5.82 Å². The molecule has 5 heterocycles. The zero-order valence-electron chi connectivity index (χ0n) is 23.5. The van der Waals surface area contributed by atoms with E-state index in [0.29, 0.717) is 34.4 Å². The molecule has 4 N–H and O–H groups in total. The van der Waals surface area contributed by atoms with Crippen LogP contribution >= 0.6 is 0 Å². The van der Waals surface area contributed by atoms with Gasteiger partial charge in [-0.1, -0.05) is 6.07 Å². The van der Waals surface area contributed by atoms with Crippen LogP contribution in [0.4, 0.5) is 21.6 Å². The van der Waals surface area contributed by atoms with Crippen LogP contribution in [0, 0.1) is 5.82 Å². The fraction of sp³-hybridized carbons (Fsp3) is 0.355. The van der Waals surface area contributed by atoms with Crippen LogP contribution in [0.15, 0.2) is 59.7 Å². The first kappa shape index (κ1) is 29.3. The van der Waals surface area contributed by atoms with Gasteiger partial charge >= 0.3 is 0 Å². The number of aliphatic hydroxyl groups excluding tert-OH is 2. The van der Waals surface area contributed by atoms with Gasteiger partial charge in [-0.2, -0.15) is 0 Å². The molecule has 220 valence electrons. The molecule has 4 aromatic rings. The Morgan fingerprint density at radius 2 is 1.71 bits per heavy atom. The molecule has 0 bridgehead atoms. The maximum atomic E-state index is 14.7. The Hall–Kier alpha value is -4.19. The van der Waals surface area contributed by atoms with Crippen molar-refractivity contribution in [2.75, 3.05) is 43.4 Å². The summed E-state index contributed by atoms with van der Waals surface area (Å²) in [6.07, 6.45) is 6.88. The predicted molar refractivity (Wildman–Crippen MR) is 161 cm³/mol. The van der Waals surface area contributed by atoms with Crippen molar-refractivity contribution in [1.82, 2.24) is 19.9 Å². The quantitative estimate of drug-likeness (QED) is 0.263. The number of nitrogens with one attached hydrogen (secondary N) is 2. The van der Waals surface area contributed by atoms with E-state index in [-0.39, 0.29) is 28.9 Å².